The van der Waals surface area contributed by atoms with Crippen LogP contribution in [0.15, 0.2) is 42.5 Å². The molecule has 0 aliphatic rings. The first-order valence-electron chi connectivity index (χ1n) is 13.8. The summed E-state index contributed by atoms with van der Waals surface area (Å²) in [5.41, 5.74) is 0.880. The normalized spacial score (nSPS) is 10.2. The molecule has 0 saturated carbocycles. The van der Waals surface area contributed by atoms with Crippen LogP contribution in [0.3, 0.4) is 0 Å². The van der Waals surface area contributed by atoms with Crippen molar-refractivity contribution in [2.75, 3.05) is 62.8 Å². The number of carboxylic acid groups (broad SMARTS) is 2. The average Bonchev–Trinajstić information content (AvgIpc) is 2.98. The molecule has 0 aromatic heterocycles. The highest BCUT2D eigenvalue weighted by atomic mass is 16.7. The summed E-state index contributed by atoms with van der Waals surface area (Å²) in [7, 11) is 0. The van der Waals surface area contributed by atoms with Gasteiger partial charge < -0.3 is 53.2 Å². The predicted octanol–water partition coefficient (Wildman–Crippen LogP) is 0.795. The number of ether oxygens (including phenoxy) is 6. The lowest BCUT2D eigenvalue weighted by molar-refractivity contribution is -0.165. The minimum atomic E-state index is -1.25. The Hall–Kier alpha value is -5.87. The van der Waals surface area contributed by atoms with E-state index in [-0.39, 0.29) is 42.5 Å². The molecule has 17 nitrogen and oxygen atoms in total. The van der Waals surface area contributed by atoms with Crippen LogP contribution in [-0.4, -0.2) is 105 Å². The van der Waals surface area contributed by atoms with E-state index in [4.69, 9.17) is 18.9 Å². The van der Waals surface area contributed by atoms with Crippen LogP contribution in [0.2, 0.25) is 0 Å². The Morgan fingerprint density at radius 1 is 0.660 bits per heavy atom. The van der Waals surface area contributed by atoms with E-state index in [1.807, 2.05) is 0 Å². The van der Waals surface area contributed by atoms with Crippen molar-refractivity contribution in [3.63, 3.8) is 0 Å². The first-order valence-corrected chi connectivity index (χ1v) is 13.8. The van der Waals surface area contributed by atoms with Gasteiger partial charge in [0.25, 0.3) is 0 Å². The Morgan fingerprint density at radius 2 is 1.15 bits per heavy atom. The number of carboxylic acids is 2. The smallest absolute Gasteiger partial charge is 0.328 e. The van der Waals surface area contributed by atoms with Crippen molar-refractivity contribution in [3.8, 4) is 11.5 Å². The molecule has 254 valence electrons. The quantitative estimate of drug-likeness (QED) is 0.0816. The third-order valence-electron chi connectivity index (χ3n) is 5.74. The fourth-order valence-electron chi connectivity index (χ4n) is 3.84. The lowest BCUT2D eigenvalue weighted by Crippen LogP contribution is -2.37. The summed E-state index contributed by atoms with van der Waals surface area (Å²) in [6.45, 7) is -1.70. The van der Waals surface area contributed by atoms with Gasteiger partial charge in [0.1, 0.15) is 57.2 Å². The van der Waals surface area contributed by atoms with Gasteiger partial charge in [0.05, 0.1) is 11.4 Å². The van der Waals surface area contributed by atoms with E-state index in [1.54, 1.807) is 18.2 Å². The van der Waals surface area contributed by atoms with Crippen LogP contribution in [-0.2, 0) is 58.9 Å². The number of hydrogen-bond donors (Lipinski definition) is 2. The molecule has 0 radical (unpaired) electrons. The van der Waals surface area contributed by atoms with Crippen LogP contribution < -0.4 is 19.3 Å². The molecule has 2 aromatic rings. The Balaban J connectivity index is 2.28. The van der Waals surface area contributed by atoms with Crippen LogP contribution in [0.25, 0.3) is 0 Å². The maximum absolute atomic E-state index is 12.6. The third kappa shape index (κ3) is 14.2. The molecule has 0 bridgehead atoms. The Bertz CT molecular complexity index is 1380. The Morgan fingerprint density at radius 3 is 1.64 bits per heavy atom. The minimum absolute atomic E-state index is 0.0159. The maximum Gasteiger partial charge on any atom is 0.328 e. The molecule has 0 atom stereocenters. The van der Waals surface area contributed by atoms with E-state index in [1.165, 1.54) is 29.2 Å². The fraction of sp³-hybridized carbons (Fsp3) is 0.367. The fourth-order valence-corrected chi connectivity index (χ4v) is 3.84. The zero-order chi connectivity index (χ0) is 34.8. The van der Waals surface area contributed by atoms with Gasteiger partial charge in [0.15, 0.2) is 0 Å². The molecule has 0 amide bonds. The molecule has 0 heterocycles. The zero-order valence-electron chi connectivity index (χ0n) is 25.6. The maximum atomic E-state index is 12.6. The summed E-state index contributed by atoms with van der Waals surface area (Å²) in [4.78, 5) is 83.4. The molecular weight excluding hydrogens is 628 g/mol. The average molecular weight is 663 g/mol. The van der Waals surface area contributed by atoms with Crippen LogP contribution in [0, 0.1) is 0 Å². The Kier molecular flexibility index (Phi) is 15.5. The topological polar surface area (TPSA) is 222 Å². The number of aldehydes is 1. The third-order valence-corrected chi connectivity index (χ3v) is 5.74. The van der Waals surface area contributed by atoms with Crippen LogP contribution in [0.1, 0.15) is 19.4 Å². The molecule has 0 aliphatic heterocycles. The second-order valence-electron chi connectivity index (χ2n) is 9.38. The number of esters is 4. The zero-order valence-corrected chi connectivity index (χ0v) is 25.6. The molecule has 2 N–H and O–H groups in total. The van der Waals surface area contributed by atoms with Gasteiger partial charge in [-0.1, -0.05) is 18.2 Å². The number of benzene rings is 2. The van der Waals surface area contributed by atoms with Gasteiger partial charge in [0, 0.05) is 20.3 Å². The number of nitrogens with zero attached hydrogens (tertiary/aromatic N) is 2. The highest BCUT2D eigenvalue weighted by Gasteiger charge is 2.22. The number of rotatable bonds is 21. The number of anilines is 2. The van der Waals surface area contributed by atoms with E-state index in [0.29, 0.717) is 11.8 Å². The number of para-hydroxylation sites is 2. The van der Waals surface area contributed by atoms with Gasteiger partial charge >= 0.3 is 35.8 Å². The SMILES string of the molecule is CC(=O)OCOC(=O)CN(CC(=O)OCOC(C)=O)c1cc(CC=O)ccc1OCCOc1ccccc1N(CC(=O)O)CC(=O)O. The van der Waals surface area contributed by atoms with E-state index >= 15 is 0 Å². The summed E-state index contributed by atoms with van der Waals surface area (Å²) in [5, 5.41) is 18.5. The summed E-state index contributed by atoms with van der Waals surface area (Å²) in [6.07, 6.45) is 0.631. The van der Waals surface area contributed by atoms with Gasteiger partial charge in [-0.15, -0.1) is 0 Å². The molecule has 2 rings (SSSR count). The number of carbonyl (C=O) groups excluding carboxylic acids is 5. The van der Waals surface area contributed by atoms with E-state index in [9.17, 15) is 43.8 Å². The second-order valence-corrected chi connectivity index (χ2v) is 9.38. The van der Waals surface area contributed by atoms with Crippen LogP contribution in [0.5, 0.6) is 11.5 Å². The molecule has 2 aromatic carbocycles. The van der Waals surface area contributed by atoms with Crippen molar-refractivity contribution in [2.24, 2.45) is 0 Å². The van der Waals surface area contributed by atoms with Crippen molar-refractivity contribution in [1.29, 1.82) is 0 Å². The first-order chi connectivity index (χ1) is 22.4. The highest BCUT2D eigenvalue weighted by molar-refractivity contribution is 5.83. The van der Waals surface area contributed by atoms with Crippen molar-refractivity contribution in [3.05, 3.63) is 48.0 Å². The molecule has 0 spiro atoms. The molecular formula is C30H34N2O15. The lowest BCUT2D eigenvalue weighted by atomic mass is 10.1. The predicted molar refractivity (Wildman–Crippen MR) is 159 cm³/mol. The van der Waals surface area contributed by atoms with Crippen LogP contribution in [0.4, 0.5) is 11.4 Å². The van der Waals surface area contributed by atoms with Gasteiger partial charge in [-0.25, -0.2) is 0 Å². The van der Waals surface area contributed by atoms with Gasteiger partial charge in [0.2, 0.25) is 13.6 Å². The summed E-state index contributed by atoms with van der Waals surface area (Å²) < 4.78 is 30.7. The molecule has 0 saturated heterocycles. The van der Waals surface area contributed by atoms with Gasteiger partial charge in [-0.2, -0.15) is 0 Å². The summed E-state index contributed by atoms with van der Waals surface area (Å²) in [6, 6.07) is 10.8. The highest BCUT2D eigenvalue weighted by Crippen LogP contribution is 2.31. The Labute approximate surface area is 268 Å². The van der Waals surface area contributed by atoms with Crippen molar-refractivity contribution >= 4 is 53.5 Å². The number of hydrogen-bond acceptors (Lipinski definition) is 15. The molecule has 0 aliphatic carbocycles. The van der Waals surface area contributed by atoms with Gasteiger partial charge in [-0.3, -0.25) is 28.8 Å². The van der Waals surface area contributed by atoms with E-state index in [0.717, 1.165) is 18.7 Å². The molecule has 0 fully saturated rings. The van der Waals surface area contributed by atoms with Crippen molar-refractivity contribution in [1.82, 2.24) is 0 Å². The summed E-state index contributed by atoms with van der Waals surface area (Å²) >= 11 is 0. The van der Waals surface area contributed by atoms with Crippen molar-refractivity contribution in [2.45, 2.75) is 20.3 Å². The minimum Gasteiger partial charge on any atom is -0.488 e. The molecule has 17 heteroatoms. The van der Waals surface area contributed by atoms with E-state index in [2.05, 4.69) is 9.47 Å². The number of carbonyl (C=O) groups is 7. The van der Waals surface area contributed by atoms with E-state index < -0.39 is 75.6 Å². The number of aliphatic carboxylic acids is 2. The summed E-state index contributed by atoms with van der Waals surface area (Å²) in [5.74, 6) is -5.36. The molecule has 0 unspecified atom stereocenters. The van der Waals surface area contributed by atoms with Gasteiger partial charge in [-0.05, 0) is 29.8 Å². The second kappa shape index (κ2) is 19.5. The monoisotopic (exact) mass is 662 g/mol. The first kappa shape index (κ1) is 37.3. The van der Waals surface area contributed by atoms with Crippen molar-refractivity contribution < 1.29 is 72.2 Å². The van der Waals surface area contributed by atoms with Crippen LogP contribution >= 0.6 is 0 Å². The lowest BCUT2D eigenvalue weighted by Gasteiger charge is -2.26. The molecule has 47 heavy (non-hydrogen) atoms. The standard InChI is InChI=1S/C30H34N2O15/c1-20(34)44-18-46-29(40)16-32(17-30(41)47-19-45-21(2)35)24-13-22(9-10-33)7-8-26(24)43-12-11-42-25-6-4-3-5-23(25)31(14-27(36)37)15-28(38)39/h3-8,10,13H,9,11-12,14-19H2,1-2H3,(H,36,37)(H,38,39). The largest absolute Gasteiger partial charge is 0.488 e.